The highest BCUT2D eigenvalue weighted by Gasteiger charge is 2.32. The smallest absolute Gasteiger partial charge is 0.330 e. The molecule has 1 saturated heterocycles. The highest BCUT2D eigenvalue weighted by atomic mass is 16.7. The zero-order chi connectivity index (χ0) is 13.0. The maximum Gasteiger partial charge on any atom is 0.333 e. The Labute approximate surface area is 104 Å². The number of hydroxylamine groups is 2. The number of hydrogen-bond donors (Lipinski definition) is 0. The zero-order valence-electron chi connectivity index (χ0n) is 9.67. The minimum Gasteiger partial charge on any atom is -0.330 e. The van der Waals surface area contributed by atoms with Crippen molar-refractivity contribution in [2.75, 3.05) is 0 Å². The molecule has 2 heterocycles. The quantitative estimate of drug-likeness (QED) is 0.730. The molecule has 0 N–H and O–H groups in total. The van der Waals surface area contributed by atoms with Crippen LogP contribution in [0.1, 0.15) is 24.8 Å². The number of hydrogen-bond acceptors (Lipinski definition) is 5. The monoisotopic (exact) mass is 248 g/mol. The van der Waals surface area contributed by atoms with Gasteiger partial charge in [0.1, 0.15) is 0 Å². The third kappa shape index (κ3) is 2.91. The molecule has 0 atom stereocenters. The normalized spacial score (nSPS) is 15.0. The highest BCUT2D eigenvalue weighted by Crippen LogP contribution is 2.13. The number of amides is 2. The first kappa shape index (κ1) is 12.2. The lowest BCUT2D eigenvalue weighted by atomic mass is 10.1. The van der Waals surface area contributed by atoms with Gasteiger partial charge in [-0.15, -0.1) is 5.06 Å². The van der Waals surface area contributed by atoms with Gasteiger partial charge in [0.05, 0.1) is 6.42 Å². The lowest BCUT2D eigenvalue weighted by Gasteiger charge is -2.12. The molecule has 0 unspecified atom stereocenters. The summed E-state index contributed by atoms with van der Waals surface area (Å²) in [6.45, 7) is 0. The van der Waals surface area contributed by atoms with Gasteiger partial charge >= 0.3 is 5.97 Å². The average Bonchev–Trinajstić information content (AvgIpc) is 2.69. The van der Waals surface area contributed by atoms with Crippen molar-refractivity contribution < 1.29 is 19.2 Å². The summed E-state index contributed by atoms with van der Waals surface area (Å²) in [5.41, 5.74) is 0.945. The van der Waals surface area contributed by atoms with Gasteiger partial charge in [-0.2, -0.15) is 0 Å². The Bertz CT molecular complexity index is 456. The van der Waals surface area contributed by atoms with Gasteiger partial charge in [0.15, 0.2) is 0 Å². The maximum atomic E-state index is 11.5. The van der Waals surface area contributed by atoms with Crippen LogP contribution in [0.25, 0.3) is 0 Å². The largest absolute Gasteiger partial charge is 0.333 e. The molecule has 0 aliphatic carbocycles. The minimum absolute atomic E-state index is 0.108. The summed E-state index contributed by atoms with van der Waals surface area (Å²) in [6.07, 6.45) is 4.08. The van der Waals surface area contributed by atoms with Crippen molar-refractivity contribution in [2.45, 2.75) is 25.7 Å². The first-order valence-electron chi connectivity index (χ1n) is 5.62. The van der Waals surface area contributed by atoms with Crippen LogP contribution in [0.4, 0.5) is 0 Å². The van der Waals surface area contributed by atoms with Crippen LogP contribution in [-0.2, 0) is 25.6 Å². The van der Waals surface area contributed by atoms with Crippen molar-refractivity contribution >= 4 is 17.8 Å². The van der Waals surface area contributed by atoms with Crippen molar-refractivity contribution in [2.24, 2.45) is 0 Å². The summed E-state index contributed by atoms with van der Waals surface area (Å²) in [4.78, 5) is 42.5. The van der Waals surface area contributed by atoms with E-state index in [1.54, 1.807) is 24.5 Å². The molecular weight excluding hydrogens is 236 g/mol. The van der Waals surface area contributed by atoms with Gasteiger partial charge in [-0.05, 0) is 24.1 Å². The topological polar surface area (TPSA) is 76.6 Å². The fraction of sp³-hybridized carbons (Fsp3) is 0.333. The van der Waals surface area contributed by atoms with E-state index < -0.39 is 17.8 Å². The number of carbonyl (C=O) groups excluding carboxylic acids is 3. The van der Waals surface area contributed by atoms with Crippen LogP contribution in [0.2, 0.25) is 0 Å². The molecule has 0 aromatic carbocycles. The van der Waals surface area contributed by atoms with E-state index in [1.165, 1.54) is 0 Å². The molecule has 0 radical (unpaired) electrons. The summed E-state index contributed by atoms with van der Waals surface area (Å²) in [6, 6.07) is 3.58. The number of aryl methyl sites for hydroxylation is 1. The Balaban J connectivity index is 1.82. The van der Waals surface area contributed by atoms with E-state index in [0.717, 1.165) is 5.56 Å². The van der Waals surface area contributed by atoms with Gasteiger partial charge < -0.3 is 4.84 Å². The minimum atomic E-state index is -0.588. The van der Waals surface area contributed by atoms with Crippen molar-refractivity contribution in [1.82, 2.24) is 10.0 Å². The Morgan fingerprint density at radius 3 is 2.44 bits per heavy atom. The van der Waals surface area contributed by atoms with E-state index >= 15 is 0 Å². The van der Waals surface area contributed by atoms with Crippen LogP contribution < -0.4 is 0 Å². The van der Waals surface area contributed by atoms with Crippen LogP contribution in [0, 0.1) is 0 Å². The van der Waals surface area contributed by atoms with Crippen LogP contribution in [0.15, 0.2) is 24.5 Å². The molecule has 1 aromatic heterocycles. The van der Waals surface area contributed by atoms with Crippen LogP contribution >= 0.6 is 0 Å². The molecule has 1 aliphatic rings. The van der Waals surface area contributed by atoms with Gasteiger partial charge in [0, 0.05) is 25.2 Å². The lowest BCUT2D eigenvalue weighted by molar-refractivity contribution is -0.197. The predicted octanol–water partition coefficient (Wildman–Crippen LogP) is 0.621. The van der Waals surface area contributed by atoms with Crippen molar-refractivity contribution in [1.29, 1.82) is 0 Å². The first-order valence-corrected chi connectivity index (χ1v) is 5.62. The second-order valence-corrected chi connectivity index (χ2v) is 3.90. The molecular formula is C12H12N2O4. The molecule has 0 saturated carbocycles. The SMILES string of the molecule is O=C(CCc1ccncc1)ON1C(=O)CCC1=O. The van der Waals surface area contributed by atoms with Gasteiger partial charge in [-0.1, -0.05) is 0 Å². The van der Waals surface area contributed by atoms with E-state index in [0.29, 0.717) is 11.5 Å². The molecule has 0 bridgehead atoms. The molecule has 2 rings (SSSR count). The van der Waals surface area contributed by atoms with E-state index in [1.807, 2.05) is 0 Å². The molecule has 1 aromatic rings. The maximum absolute atomic E-state index is 11.5. The molecule has 1 fully saturated rings. The molecule has 6 nitrogen and oxygen atoms in total. The van der Waals surface area contributed by atoms with Crippen LogP contribution in [-0.4, -0.2) is 27.8 Å². The molecule has 1 aliphatic heterocycles. The molecule has 94 valence electrons. The van der Waals surface area contributed by atoms with E-state index in [4.69, 9.17) is 4.84 Å². The van der Waals surface area contributed by atoms with Crippen LogP contribution in [0.3, 0.4) is 0 Å². The number of nitrogens with zero attached hydrogens (tertiary/aromatic N) is 2. The number of rotatable bonds is 4. The second-order valence-electron chi connectivity index (χ2n) is 3.90. The zero-order valence-corrected chi connectivity index (χ0v) is 9.67. The Hall–Kier alpha value is -2.24. The summed E-state index contributed by atoms with van der Waals surface area (Å²) in [5, 5.41) is 0.564. The number of imide groups is 1. The fourth-order valence-corrected chi connectivity index (χ4v) is 1.60. The third-order valence-electron chi connectivity index (χ3n) is 2.57. The van der Waals surface area contributed by atoms with Crippen LogP contribution in [0.5, 0.6) is 0 Å². The summed E-state index contributed by atoms with van der Waals surface area (Å²) >= 11 is 0. The summed E-state index contributed by atoms with van der Waals surface area (Å²) < 4.78 is 0. The van der Waals surface area contributed by atoms with Gasteiger partial charge in [-0.25, -0.2) is 4.79 Å². The third-order valence-corrected chi connectivity index (χ3v) is 2.57. The van der Waals surface area contributed by atoms with E-state index in [9.17, 15) is 14.4 Å². The molecule has 2 amide bonds. The Kier molecular flexibility index (Phi) is 3.66. The molecule has 6 heteroatoms. The highest BCUT2D eigenvalue weighted by molar-refractivity contribution is 6.01. The summed E-state index contributed by atoms with van der Waals surface area (Å²) in [7, 11) is 0. The van der Waals surface area contributed by atoms with Gasteiger partial charge in [0.25, 0.3) is 11.8 Å². The first-order chi connectivity index (χ1) is 8.66. The average molecular weight is 248 g/mol. The lowest BCUT2D eigenvalue weighted by Crippen LogP contribution is -2.32. The Morgan fingerprint density at radius 1 is 1.22 bits per heavy atom. The number of aromatic nitrogens is 1. The predicted molar refractivity (Wildman–Crippen MR) is 59.7 cm³/mol. The van der Waals surface area contributed by atoms with Crippen molar-refractivity contribution in [3.63, 3.8) is 0 Å². The van der Waals surface area contributed by atoms with Crippen molar-refractivity contribution in [3.05, 3.63) is 30.1 Å². The van der Waals surface area contributed by atoms with E-state index in [2.05, 4.69) is 4.98 Å². The molecule has 18 heavy (non-hydrogen) atoms. The second kappa shape index (κ2) is 5.39. The number of carbonyl (C=O) groups is 3. The van der Waals surface area contributed by atoms with E-state index in [-0.39, 0.29) is 19.3 Å². The van der Waals surface area contributed by atoms with Gasteiger partial charge in [-0.3, -0.25) is 14.6 Å². The fourth-order valence-electron chi connectivity index (χ4n) is 1.60. The molecule has 0 spiro atoms. The number of pyridine rings is 1. The Morgan fingerprint density at radius 2 is 1.83 bits per heavy atom. The van der Waals surface area contributed by atoms with Gasteiger partial charge in [0.2, 0.25) is 0 Å². The van der Waals surface area contributed by atoms with Crippen molar-refractivity contribution in [3.8, 4) is 0 Å². The standard InChI is InChI=1S/C12H12N2O4/c15-10-2-3-11(16)14(10)18-12(17)4-1-9-5-7-13-8-6-9/h5-8H,1-4H2. The summed E-state index contributed by atoms with van der Waals surface area (Å²) in [5.74, 6) is -1.51.